The molecule has 0 fully saturated rings. The number of amides is 2. The molecule has 2 aromatic carbocycles. The van der Waals surface area contributed by atoms with Gasteiger partial charge in [-0.15, -0.1) is 11.3 Å². The Hall–Kier alpha value is -4.45. The molecule has 40 heavy (non-hydrogen) atoms. The third kappa shape index (κ3) is 6.75. The molecule has 0 aliphatic carbocycles. The Balaban J connectivity index is 1.60. The maximum Gasteiger partial charge on any atom is 0.408 e. The molecule has 0 radical (unpaired) electrons. The molecule has 2 heterocycles. The number of aryl methyl sites for hydroxylation is 2. The number of nitrogens with one attached hydrogen (secondary N) is 2. The summed E-state index contributed by atoms with van der Waals surface area (Å²) in [6.45, 7) is 9.03. The predicted molar refractivity (Wildman–Crippen MR) is 151 cm³/mol. The lowest BCUT2D eigenvalue weighted by atomic mass is 10.1. The van der Waals surface area contributed by atoms with E-state index >= 15 is 0 Å². The molecule has 4 rings (SSSR count). The van der Waals surface area contributed by atoms with Crippen LogP contribution in [0.2, 0.25) is 0 Å². The highest BCUT2D eigenvalue weighted by Crippen LogP contribution is 2.36. The molecule has 0 saturated heterocycles. The van der Waals surface area contributed by atoms with Crippen molar-refractivity contribution < 1.29 is 28.5 Å². The van der Waals surface area contributed by atoms with Crippen molar-refractivity contribution in [1.29, 1.82) is 0 Å². The van der Waals surface area contributed by atoms with Crippen molar-refractivity contribution in [3.8, 4) is 23.1 Å². The standard InChI is InChI=1S/C28H31N5O6S/c1-15-16(2)40-26(31-15)33-24(34)23(32-27(35)39-28(3,4)5)17-8-10-18(11-9-17)38-25-19-12-21(36-6)22(37-7)13-20(19)29-14-30-25/h8-14,23H,1-7H3,(H,32,35)(H,31,33,34)/t23-/m0/s1. The van der Waals surface area contributed by atoms with E-state index in [1.807, 2.05) is 13.8 Å². The fraction of sp³-hybridized carbons (Fsp3) is 0.321. The normalized spacial score (nSPS) is 12.0. The molecule has 12 heteroatoms. The van der Waals surface area contributed by atoms with E-state index < -0.39 is 23.6 Å². The van der Waals surface area contributed by atoms with Gasteiger partial charge in [0.2, 0.25) is 5.88 Å². The summed E-state index contributed by atoms with van der Waals surface area (Å²) in [5, 5.41) is 6.53. The van der Waals surface area contributed by atoms with Gasteiger partial charge in [0.05, 0.1) is 30.8 Å². The topological polar surface area (TPSA) is 134 Å². The molecular weight excluding hydrogens is 534 g/mol. The largest absolute Gasteiger partial charge is 0.493 e. The van der Waals surface area contributed by atoms with Crippen LogP contribution in [0.4, 0.5) is 9.93 Å². The summed E-state index contributed by atoms with van der Waals surface area (Å²) in [5.41, 5.74) is 1.22. The molecule has 1 atom stereocenters. The van der Waals surface area contributed by atoms with Crippen molar-refractivity contribution in [3.05, 3.63) is 58.9 Å². The Morgan fingerprint density at radius 1 is 0.975 bits per heavy atom. The lowest BCUT2D eigenvalue weighted by Gasteiger charge is -2.23. The Labute approximate surface area is 235 Å². The highest BCUT2D eigenvalue weighted by atomic mass is 32.1. The van der Waals surface area contributed by atoms with Gasteiger partial charge in [0.15, 0.2) is 16.6 Å². The van der Waals surface area contributed by atoms with E-state index in [4.69, 9.17) is 18.9 Å². The molecule has 0 unspecified atom stereocenters. The molecule has 2 N–H and O–H groups in total. The van der Waals surface area contributed by atoms with Gasteiger partial charge < -0.3 is 24.3 Å². The minimum absolute atomic E-state index is 0.314. The fourth-order valence-electron chi connectivity index (χ4n) is 3.71. The predicted octanol–water partition coefficient (Wildman–Crippen LogP) is 5.72. The zero-order chi connectivity index (χ0) is 29.0. The van der Waals surface area contributed by atoms with Crippen molar-refractivity contribution in [2.75, 3.05) is 19.5 Å². The summed E-state index contributed by atoms with van der Waals surface area (Å²) >= 11 is 1.36. The number of methoxy groups -OCH3 is 2. The maximum absolute atomic E-state index is 13.3. The van der Waals surface area contributed by atoms with Gasteiger partial charge in [0.1, 0.15) is 23.7 Å². The second-order valence-corrected chi connectivity index (χ2v) is 11.0. The molecular formula is C28H31N5O6S. The summed E-state index contributed by atoms with van der Waals surface area (Å²) in [7, 11) is 3.09. The van der Waals surface area contributed by atoms with Gasteiger partial charge in [0.25, 0.3) is 5.91 Å². The number of nitrogens with zero attached hydrogens (tertiary/aromatic N) is 3. The number of carbonyl (C=O) groups excluding carboxylic acids is 2. The maximum atomic E-state index is 13.3. The Morgan fingerprint density at radius 3 is 2.25 bits per heavy atom. The molecule has 0 bridgehead atoms. The molecule has 4 aromatic rings. The molecule has 11 nitrogen and oxygen atoms in total. The number of rotatable bonds is 8. The SMILES string of the molecule is COc1cc2ncnc(Oc3ccc([C@H](NC(=O)OC(C)(C)C)C(=O)Nc4nc(C)c(C)s4)cc3)c2cc1OC. The van der Waals surface area contributed by atoms with Crippen LogP contribution in [0.25, 0.3) is 10.9 Å². The van der Waals surface area contributed by atoms with E-state index in [1.165, 1.54) is 17.7 Å². The van der Waals surface area contributed by atoms with Gasteiger partial charge in [0, 0.05) is 10.9 Å². The number of benzene rings is 2. The van der Waals surface area contributed by atoms with Crippen molar-refractivity contribution in [2.45, 2.75) is 46.3 Å². The van der Waals surface area contributed by atoms with Crippen LogP contribution >= 0.6 is 11.3 Å². The number of hydrogen-bond acceptors (Lipinski definition) is 10. The average Bonchev–Trinajstić information content (AvgIpc) is 3.22. The van der Waals surface area contributed by atoms with Gasteiger partial charge in [-0.3, -0.25) is 10.1 Å². The van der Waals surface area contributed by atoms with Gasteiger partial charge >= 0.3 is 6.09 Å². The number of carbonyl (C=O) groups is 2. The third-order valence-electron chi connectivity index (χ3n) is 5.71. The monoisotopic (exact) mass is 565 g/mol. The van der Waals surface area contributed by atoms with E-state index in [9.17, 15) is 9.59 Å². The fourth-order valence-corrected chi connectivity index (χ4v) is 4.53. The first-order valence-corrected chi connectivity index (χ1v) is 13.2. The quantitative estimate of drug-likeness (QED) is 0.275. The van der Waals surface area contributed by atoms with Crippen molar-refractivity contribution in [1.82, 2.24) is 20.3 Å². The number of ether oxygens (including phenoxy) is 4. The lowest BCUT2D eigenvalue weighted by molar-refractivity contribution is -0.118. The minimum Gasteiger partial charge on any atom is -0.493 e. The molecule has 0 aliphatic rings. The average molecular weight is 566 g/mol. The Bertz CT molecular complexity index is 1510. The zero-order valence-corrected chi connectivity index (χ0v) is 24.1. The number of thiazole rings is 1. The van der Waals surface area contributed by atoms with Crippen LogP contribution in [0.5, 0.6) is 23.1 Å². The second kappa shape index (κ2) is 11.7. The highest BCUT2D eigenvalue weighted by Gasteiger charge is 2.27. The summed E-state index contributed by atoms with van der Waals surface area (Å²) < 4.78 is 22.2. The van der Waals surface area contributed by atoms with E-state index in [0.29, 0.717) is 44.7 Å². The second-order valence-electron chi connectivity index (χ2n) is 9.80. The van der Waals surface area contributed by atoms with Crippen molar-refractivity contribution in [2.24, 2.45) is 0 Å². The molecule has 2 amide bonds. The summed E-state index contributed by atoms with van der Waals surface area (Å²) in [6.07, 6.45) is 0.668. The molecule has 0 aliphatic heterocycles. The van der Waals surface area contributed by atoms with E-state index in [2.05, 4.69) is 25.6 Å². The molecule has 0 spiro atoms. The van der Waals surface area contributed by atoms with E-state index in [1.54, 1.807) is 71.4 Å². The molecule has 2 aromatic heterocycles. The van der Waals surface area contributed by atoms with Crippen molar-refractivity contribution in [3.63, 3.8) is 0 Å². The summed E-state index contributed by atoms with van der Waals surface area (Å²) in [4.78, 5) is 39.8. The van der Waals surface area contributed by atoms with Crippen LogP contribution < -0.4 is 24.8 Å². The number of fused-ring (bicyclic) bond motifs is 1. The van der Waals surface area contributed by atoms with Gasteiger partial charge in [-0.25, -0.2) is 19.7 Å². The Kier molecular flexibility index (Phi) is 8.38. The van der Waals surface area contributed by atoms with Gasteiger partial charge in [-0.1, -0.05) is 12.1 Å². The summed E-state index contributed by atoms with van der Waals surface area (Å²) in [6, 6.07) is 9.15. The van der Waals surface area contributed by atoms with Crippen LogP contribution in [0.3, 0.4) is 0 Å². The first kappa shape index (κ1) is 28.6. The number of alkyl carbamates (subject to hydrolysis) is 1. The van der Waals surface area contributed by atoms with E-state index in [-0.39, 0.29) is 0 Å². The summed E-state index contributed by atoms with van der Waals surface area (Å²) in [5.74, 6) is 1.36. The van der Waals surface area contributed by atoms with Crippen LogP contribution in [-0.2, 0) is 9.53 Å². The van der Waals surface area contributed by atoms with E-state index in [0.717, 1.165) is 10.6 Å². The van der Waals surface area contributed by atoms with Gasteiger partial charge in [-0.2, -0.15) is 0 Å². The Morgan fingerprint density at radius 2 is 1.65 bits per heavy atom. The number of aromatic nitrogens is 3. The number of hydrogen-bond donors (Lipinski definition) is 2. The van der Waals surface area contributed by atoms with Crippen molar-refractivity contribution >= 4 is 39.4 Å². The zero-order valence-electron chi connectivity index (χ0n) is 23.3. The molecule has 210 valence electrons. The van der Waals surface area contributed by atoms with Gasteiger partial charge in [-0.05, 0) is 58.4 Å². The van der Waals surface area contributed by atoms with Crippen LogP contribution in [0, 0.1) is 13.8 Å². The minimum atomic E-state index is -1.05. The molecule has 0 saturated carbocycles. The van der Waals surface area contributed by atoms with Crippen LogP contribution in [0.15, 0.2) is 42.7 Å². The van der Waals surface area contributed by atoms with Crippen LogP contribution in [-0.4, -0.2) is 46.8 Å². The highest BCUT2D eigenvalue weighted by molar-refractivity contribution is 7.15. The smallest absolute Gasteiger partial charge is 0.408 e. The first-order chi connectivity index (χ1) is 19.0. The van der Waals surface area contributed by atoms with Crippen LogP contribution in [0.1, 0.15) is 42.9 Å². The first-order valence-electron chi connectivity index (χ1n) is 12.4. The third-order valence-corrected chi connectivity index (χ3v) is 6.70. The number of anilines is 1. The lowest BCUT2D eigenvalue weighted by Crippen LogP contribution is -2.40.